The van der Waals surface area contributed by atoms with Gasteiger partial charge in [0.1, 0.15) is 11.9 Å². The van der Waals surface area contributed by atoms with Crippen LogP contribution in [0.2, 0.25) is 5.02 Å². The van der Waals surface area contributed by atoms with Gasteiger partial charge in [-0.2, -0.15) is 0 Å². The summed E-state index contributed by atoms with van der Waals surface area (Å²) in [5, 5.41) is 12.2. The second-order valence-corrected chi connectivity index (χ2v) is 7.00. The summed E-state index contributed by atoms with van der Waals surface area (Å²) in [4.78, 5) is 33.3. The predicted octanol–water partition coefficient (Wildman–Crippen LogP) is 4.08. The molecule has 29 heavy (non-hydrogen) atoms. The van der Waals surface area contributed by atoms with Crippen molar-refractivity contribution in [3.8, 4) is 0 Å². The normalized spacial score (nSPS) is 15.7. The zero-order chi connectivity index (χ0) is 20.5. The highest BCUT2D eigenvalue weighted by molar-refractivity contribution is 6.30. The Morgan fingerprint density at radius 2 is 2.07 bits per heavy atom. The van der Waals surface area contributed by atoms with Crippen LogP contribution in [-0.2, 0) is 6.42 Å². The first-order valence-corrected chi connectivity index (χ1v) is 9.20. The molecule has 0 radical (unpaired) electrons. The molecule has 2 heterocycles. The molecule has 1 aromatic heterocycles. The van der Waals surface area contributed by atoms with Crippen molar-refractivity contribution in [2.24, 2.45) is 0 Å². The number of imidazole rings is 1. The number of aromatic nitrogens is 2. The second kappa shape index (κ2) is 7.56. The van der Waals surface area contributed by atoms with Gasteiger partial charge in [0, 0.05) is 29.2 Å². The number of carboxylic acid groups (broad SMARTS) is 1. The van der Waals surface area contributed by atoms with Gasteiger partial charge in [-0.15, -0.1) is 0 Å². The van der Waals surface area contributed by atoms with Crippen LogP contribution in [0.25, 0.3) is 0 Å². The SMILES string of the molecule is O=C(O)c1ccccc1NC(=O)N1CCc2[nH]cnc2[C@@H]1c1ccc(Cl)cc1F. The van der Waals surface area contributed by atoms with Gasteiger partial charge in [0.05, 0.1) is 23.3 Å². The summed E-state index contributed by atoms with van der Waals surface area (Å²) in [5.74, 6) is -1.71. The Bertz CT molecular complexity index is 1100. The highest BCUT2D eigenvalue weighted by Crippen LogP contribution is 2.36. The van der Waals surface area contributed by atoms with Crippen LogP contribution in [0.1, 0.15) is 33.4 Å². The lowest BCUT2D eigenvalue weighted by Crippen LogP contribution is -2.43. The Hall–Kier alpha value is -3.39. The molecule has 7 nitrogen and oxygen atoms in total. The molecule has 2 aromatic carbocycles. The van der Waals surface area contributed by atoms with Crippen molar-refractivity contribution in [3.05, 3.63) is 82.1 Å². The van der Waals surface area contributed by atoms with Gasteiger partial charge in [-0.3, -0.25) is 0 Å². The maximum Gasteiger partial charge on any atom is 0.337 e. The van der Waals surface area contributed by atoms with Gasteiger partial charge in [-0.1, -0.05) is 29.8 Å². The fraction of sp³-hybridized carbons (Fsp3) is 0.150. The van der Waals surface area contributed by atoms with Crippen molar-refractivity contribution in [2.75, 3.05) is 11.9 Å². The number of halogens is 2. The minimum Gasteiger partial charge on any atom is -0.478 e. The van der Waals surface area contributed by atoms with Crippen LogP contribution in [0.4, 0.5) is 14.9 Å². The summed E-state index contributed by atoms with van der Waals surface area (Å²) in [5.41, 5.74) is 1.74. The van der Waals surface area contributed by atoms with Crippen molar-refractivity contribution in [1.29, 1.82) is 0 Å². The number of rotatable bonds is 3. The van der Waals surface area contributed by atoms with E-state index < -0.39 is 23.9 Å². The van der Waals surface area contributed by atoms with Crippen LogP contribution >= 0.6 is 11.6 Å². The Labute approximate surface area is 170 Å². The molecule has 0 aliphatic carbocycles. The zero-order valence-electron chi connectivity index (χ0n) is 15.0. The predicted molar refractivity (Wildman–Crippen MR) is 105 cm³/mol. The largest absolute Gasteiger partial charge is 0.478 e. The van der Waals surface area contributed by atoms with Crippen LogP contribution in [0.15, 0.2) is 48.8 Å². The third-order valence-corrected chi connectivity index (χ3v) is 5.08. The Morgan fingerprint density at radius 1 is 1.28 bits per heavy atom. The number of para-hydroxylation sites is 1. The van der Waals surface area contributed by atoms with Gasteiger partial charge < -0.3 is 20.3 Å². The number of nitrogens with one attached hydrogen (secondary N) is 2. The van der Waals surface area contributed by atoms with E-state index in [1.165, 1.54) is 35.5 Å². The number of nitrogens with zero attached hydrogens (tertiary/aromatic N) is 2. The third kappa shape index (κ3) is 3.54. The van der Waals surface area contributed by atoms with E-state index in [0.29, 0.717) is 18.7 Å². The fourth-order valence-electron chi connectivity index (χ4n) is 3.50. The minimum absolute atomic E-state index is 0.0347. The summed E-state index contributed by atoms with van der Waals surface area (Å²) in [6.07, 6.45) is 2.02. The molecule has 148 valence electrons. The molecule has 1 atom stereocenters. The van der Waals surface area contributed by atoms with Crippen LogP contribution in [-0.4, -0.2) is 38.5 Å². The molecule has 3 N–H and O–H groups in total. The standard InChI is InChI=1S/C20H16ClFN4O3/c21-11-5-6-12(14(22)9-11)18-17-16(23-10-24-17)7-8-26(18)20(29)25-15-4-2-1-3-13(15)19(27)28/h1-6,9-10,18H,7-8H2,(H,23,24)(H,25,29)(H,27,28)/t18-/m0/s1. The number of amides is 2. The number of hydrogen-bond acceptors (Lipinski definition) is 3. The van der Waals surface area contributed by atoms with Crippen LogP contribution < -0.4 is 5.32 Å². The van der Waals surface area contributed by atoms with Crippen molar-refractivity contribution >= 4 is 29.3 Å². The number of hydrogen-bond donors (Lipinski definition) is 3. The fourth-order valence-corrected chi connectivity index (χ4v) is 3.66. The quantitative estimate of drug-likeness (QED) is 0.601. The average Bonchev–Trinajstić information content (AvgIpc) is 3.16. The Kier molecular flexibility index (Phi) is 4.94. The molecule has 9 heteroatoms. The highest BCUT2D eigenvalue weighted by atomic mass is 35.5. The van der Waals surface area contributed by atoms with Gasteiger partial charge in [0.15, 0.2) is 0 Å². The van der Waals surface area contributed by atoms with Crippen LogP contribution in [0, 0.1) is 5.82 Å². The molecule has 4 rings (SSSR count). The van der Waals surface area contributed by atoms with Crippen molar-refractivity contribution in [1.82, 2.24) is 14.9 Å². The number of anilines is 1. The maximum absolute atomic E-state index is 14.7. The molecular formula is C20H16ClFN4O3. The molecular weight excluding hydrogens is 399 g/mol. The van der Waals surface area contributed by atoms with E-state index >= 15 is 0 Å². The molecule has 1 aliphatic rings. The van der Waals surface area contributed by atoms with Gasteiger partial charge >= 0.3 is 12.0 Å². The smallest absolute Gasteiger partial charge is 0.337 e. The maximum atomic E-state index is 14.7. The average molecular weight is 415 g/mol. The zero-order valence-corrected chi connectivity index (χ0v) is 15.8. The van der Waals surface area contributed by atoms with Gasteiger partial charge in [0.2, 0.25) is 0 Å². The minimum atomic E-state index is -1.16. The first-order chi connectivity index (χ1) is 14.0. The number of fused-ring (bicyclic) bond motifs is 1. The van der Waals surface area contributed by atoms with Gasteiger partial charge in [0.25, 0.3) is 0 Å². The number of aromatic amines is 1. The first kappa shape index (κ1) is 18.9. The summed E-state index contributed by atoms with van der Waals surface area (Å²) < 4.78 is 14.7. The van der Waals surface area contributed by atoms with Gasteiger partial charge in [-0.05, 0) is 24.3 Å². The van der Waals surface area contributed by atoms with Gasteiger partial charge in [-0.25, -0.2) is 19.0 Å². The van der Waals surface area contributed by atoms with Crippen LogP contribution in [0.3, 0.4) is 0 Å². The monoisotopic (exact) mass is 414 g/mol. The van der Waals surface area contributed by atoms with E-state index in [9.17, 15) is 19.1 Å². The lowest BCUT2D eigenvalue weighted by Gasteiger charge is -2.35. The summed E-state index contributed by atoms with van der Waals surface area (Å²) in [7, 11) is 0. The number of carboxylic acids is 1. The first-order valence-electron chi connectivity index (χ1n) is 8.82. The van der Waals surface area contributed by atoms with E-state index in [1.54, 1.807) is 18.2 Å². The number of aromatic carboxylic acids is 1. The van der Waals surface area contributed by atoms with E-state index in [1.807, 2.05) is 0 Å². The number of carbonyl (C=O) groups excluding carboxylic acids is 1. The topological polar surface area (TPSA) is 98.3 Å². The molecule has 3 aromatic rings. The number of urea groups is 1. The molecule has 0 saturated carbocycles. The molecule has 2 amide bonds. The lowest BCUT2D eigenvalue weighted by molar-refractivity contribution is 0.0698. The van der Waals surface area contributed by atoms with Crippen molar-refractivity contribution in [3.63, 3.8) is 0 Å². The third-order valence-electron chi connectivity index (χ3n) is 4.84. The number of H-pyrrole nitrogens is 1. The Morgan fingerprint density at radius 3 is 2.83 bits per heavy atom. The van der Waals surface area contributed by atoms with Crippen molar-refractivity contribution < 1.29 is 19.1 Å². The van der Waals surface area contributed by atoms with E-state index in [-0.39, 0.29) is 21.8 Å². The Balaban J connectivity index is 1.72. The molecule has 0 bridgehead atoms. The van der Waals surface area contributed by atoms with Crippen LogP contribution in [0.5, 0.6) is 0 Å². The second-order valence-electron chi connectivity index (χ2n) is 6.56. The van der Waals surface area contributed by atoms with E-state index in [2.05, 4.69) is 15.3 Å². The molecule has 0 fully saturated rings. The summed E-state index contributed by atoms with van der Waals surface area (Å²) in [6, 6.07) is 9.04. The molecule has 0 unspecified atom stereocenters. The summed E-state index contributed by atoms with van der Waals surface area (Å²) >= 11 is 5.88. The lowest BCUT2D eigenvalue weighted by atomic mass is 9.95. The van der Waals surface area contributed by atoms with E-state index in [4.69, 9.17) is 11.6 Å². The van der Waals surface area contributed by atoms with E-state index in [0.717, 1.165) is 5.69 Å². The molecule has 0 saturated heterocycles. The summed E-state index contributed by atoms with van der Waals surface area (Å²) in [6.45, 7) is 0.295. The highest BCUT2D eigenvalue weighted by Gasteiger charge is 2.36. The number of carbonyl (C=O) groups is 2. The molecule has 0 spiro atoms. The molecule has 1 aliphatic heterocycles. The van der Waals surface area contributed by atoms with Crippen molar-refractivity contribution in [2.45, 2.75) is 12.5 Å². The number of benzene rings is 2.